The van der Waals surface area contributed by atoms with Crippen molar-refractivity contribution in [2.24, 2.45) is 4.99 Å². The quantitative estimate of drug-likeness (QED) is 0.616. The average Bonchev–Trinajstić information content (AvgIpc) is 2.98. The van der Waals surface area contributed by atoms with Gasteiger partial charge in [-0.25, -0.2) is 4.99 Å². The SMILES string of the molecule is CN1CCN(C2=Nc3cc(Br)cc4c3N(CC4)c3ccc(Cl)cc32)CC1. The van der Waals surface area contributed by atoms with Crippen molar-refractivity contribution in [1.82, 2.24) is 9.80 Å². The van der Waals surface area contributed by atoms with Crippen molar-refractivity contribution in [2.75, 3.05) is 44.7 Å². The molecule has 0 bridgehead atoms. The third-order valence-corrected chi connectivity index (χ3v) is 6.22. The molecule has 2 aromatic rings. The summed E-state index contributed by atoms with van der Waals surface area (Å²) in [6.45, 7) is 5.05. The molecule has 0 saturated carbocycles. The maximum Gasteiger partial charge on any atom is 0.138 e. The van der Waals surface area contributed by atoms with Gasteiger partial charge in [-0.2, -0.15) is 0 Å². The molecule has 0 unspecified atom stereocenters. The highest BCUT2D eigenvalue weighted by Gasteiger charge is 2.32. The van der Waals surface area contributed by atoms with Crippen LogP contribution in [0.1, 0.15) is 11.1 Å². The lowest BCUT2D eigenvalue weighted by Gasteiger charge is -2.35. The van der Waals surface area contributed by atoms with Gasteiger partial charge < -0.3 is 14.7 Å². The van der Waals surface area contributed by atoms with E-state index in [9.17, 15) is 0 Å². The van der Waals surface area contributed by atoms with E-state index in [2.05, 4.69) is 61.9 Å². The number of piperazine rings is 1. The van der Waals surface area contributed by atoms with Crippen molar-refractivity contribution in [2.45, 2.75) is 6.42 Å². The van der Waals surface area contributed by atoms with Crippen molar-refractivity contribution in [3.63, 3.8) is 0 Å². The number of benzene rings is 2. The van der Waals surface area contributed by atoms with Crippen molar-refractivity contribution in [1.29, 1.82) is 0 Å². The second kappa shape index (κ2) is 6.25. The fraction of sp³-hybridized carbons (Fsp3) is 0.350. The van der Waals surface area contributed by atoms with Gasteiger partial charge in [0.15, 0.2) is 0 Å². The average molecular weight is 432 g/mol. The van der Waals surface area contributed by atoms with Crippen LogP contribution in [-0.4, -0.2) is 55.4 Å². The third kappa shape index (κ3) is 2.65. The molecule has 0 amide bonds. The predicted octanol–water partition coefficient (Wildman–Crippen LogP) is 4.44. The second-order valence-corrected chi connectivity index (χ2v) is 8.57. The first-order valence-electron chi connectivity index (χ1n) is 9.02. The molecule has 0 N–H and O–H groups in total. The molecule has 3 heterocycles. The Labute approximate surface area is 167 Å². The van der Waals surface area contributed by atoms with Gasteiger partial charge in [-0.05, 0) is 49.4 Å². The van der Waals surface area contributed by atoms with Gasteiger partial charge >= 0.3 is 0 Å². The Morgan fingerprint density at radius 1 is 1.04 bits per heavy atom. The molecule has 3 aliphatic rings. The summed E-state index contributed by atoms with van der Waals surface area (Å²) < 4.78 is 1.10. The van der Waals surface area contributed by atoms with Crippen LogP contribution >= 0.6 is 27.5 Å². The molecule has 5 rings (SSSR count). The Bertz CT molecular complexity index is 918. The summed E-state index contributed by atoms with van der Waals surface area (Å²) in [5.41, 5.74) is 6.02. The molecule has 0 radical (unpaired) electrons. The fourth-order valence-corrected chi connectivity index (χ4v) is 4.83. The number of halogens is 2. The molecule has 3 aliphatic heterocycles. The first-order valence-corrected chi connectivity index (χ1v) is 10.2. The lowest BCUT2D eigenvalue weighted by molar-refractivity contribution is 0.216. The Morgan fingerprint density at radius 3 is 2.65 bits per heavy atom. The zero-order chi connectivity index (χ0) is 17.8. The highest BCUT2D eigenvalue weighted by molar-refractivity contribution is 9.10. The van der Waals surface area contributed by atoms with Gasteiger partial charge in [0, 0.05) is 47.8 Å². The van der Waals surface area contributed by atoms with Crippen molar-refractivity contribution in [3.05, 3.63) is 51.0 Å². The molecule has 1 saturated heterocycles. The minimum Gasteiger partial charge on any atom is -0.353 e. The van der Waals surface area contributed by atoms with E-state index in [1.165, 1.54) is 16.9 Å². The van der Waals surface area contributed by atoms with E-state index in [0.717, 1.165) is 65.7 Å². The van der Waals surface area contributed by atoms with E-state index in [1.54, 1.807) is 0 Å². The molecule has 0 spiro atoms. The van der Waals surface area contributed by atoms with Gasteiger partial charge in [0.25, 0.3) is 0 Å². The van der Waals surface area contributed by atoms with E-state index in [0.29, 0.717) is 0 Å². The van der Waals surface area contributed by atoms with Gasteiger partial charge in [0.2, 0.25) is 0 Å². The Morgan fingerprint density at radius 2 is 1.85 bits per heavy atom. The van der Waals surface area contributed by atoms with Crippen molar-refractivity contribution < 1.29 is 0 Å². The summed E-state index contributed by atoms with van der Waals surface area (Å²) in [4.78, 5) is 12.4. The number of likely N-dealkylation sites (N-methyl/N-ethyl adjacent to an activating group) is 1. The zero-order valence-corrected chi connectivity index (χ0v) is 17.0. The number of hydrogen-bond donors (Lipinski definition) is 0. The molecular weight excluding hydrogens is 412 g/mol. The Kier molecular flexibility index (Phi) is 3.99. The molecule has 4 nitrogen and oxygen atoms in total. The number of rotatable bonds is 0. The second-order valence-electron chi connectivity index (χ2n) is 7.22. The van der Waals surface area contributed by atoms with Crippen LogP contribution in [0.2, 0.25) is 5.02 Å². The predicted molar refractivity (Wildman–Crippen MR) is 112 cm³/mol. The van der Waals surface area contributed by atoms with E-state index >= 15 is 0 Å². The maximum absolute atomic E-state index is 6.39. The van der Waals surface area contributed by atoms with Crippen LogP contribution in [0.3, 0.4) is 0 Å². The number of fused-ring (bicyclic) bond motifs is 2. The Balaban J connectivity index is 1.73. The van der Waals surface area contributed by atoms with E-state index in [-0.39, 0.29) is 0 Å². The number of aliphatic imine (C=N–C) groups is 1. The molecule has 0 aromatic heterocycles. The highest BCUT2D eigenvalue weighted by Crippen LogP contribution is 2.47. The van der Waals surface area contributed by atoms with E-state index in [1.807, 2.05) is 6.07 Å². The fourth-order valence-electron chi connectivity index (χ4n) is 4.17. The zero-order valence-electron chi connectivity index (χ0n) is 14.7. The minimum atomic E-state index is 0.761. The summed E-state index contributed by atoms with van der Waals surface area (Å²) in [7, 11) is 2.18. The number of anilines is 2. The highest BCUT2D eigenvalue weighted by atomic mass is 79.9. The number of nitrogens with zero attached hydrogens (tertiary/aromatic N) is 4. The molecule has 134 valence electrons. The summed E-state index contributed by atoms with van der Waals surface area (Å²) >= 11 is 10.1. The molecule has 0 atom stereocenters. The van der Waals surface area contributed by atoms with Crippen LogP contribution in [0.15, 0.2) is 39.8 Å². The lowest BCUT2D eigenvalue weighted by atomic mass is 10.1. The van der Waals surface area contributed by atoms with Gasteiger partial charge in [0.1, 0.15) is 5.84 Å². The van der Waals surface area contributed by atoms with Gasteiger partial charge in [-0.3, -0.25) is 0 Å². The maximum atomic E-state index is 6.39. The normalized spacial score (nSPS) is 19.1. The summed E-state index contributed by atoms with van der Waals surface area (Å²) in [6.07, 6.45) is 1.04. The first-order chi connectivity index (χ1) is 12.6. The largest absolute Gasteiger partial charge is 0.353 e. The smallest absolute Gasteiger partial charge is 0.138 e. The van der Waals surface area contributed by atoms with Crippen LogP contribution in [0.25, 0.3) is 0 Å². The van der Waals surface area contributed by atoms with E-state index < -0.39 is 0 Å². The van der Waals surface area contributed by atoms with Gasteiger partial charge in [-0.1, -0.05) is 27.5 Å². The summed E-state index contributed by atoms with van der Waals surface area (Å²) in [6, 6.07) is 10.6. The monoisotopic (exact) mass is 430 g/mol. The molecular formula is C20H20BrClN4. The van der Waals surface area contributed by atoms with E-state index in [4.69, 9.17) is 16.6 Å². The number of hydrogen-bond acceptors (Lipinski definition) is 4. The van der Waals surface area contributed by atoms with Crippen molar-refractivity contribution >= 4 is 50.4 Å². The minimum absolute atomic E-state index is 0.761. The van der Waals surface area contributed by atoms with Crippen LogP contribution in [0.5, 0.6) is 0 Å². The lowest BCUT2D eigenvalue weighted by Crippen LogP contribution is -2.47. The topological polar surface area (TPSA) is 22.1 Å². The van der Waals surface area contributed by atoms with Gasteiger partial charge in [0.05, 0.1) is 17.1 Å². The molecule has 2 aromatic carbocycles. The standard InChI is InChI=1S/C20H20BrClN4/c1-24-6-8-25(9-7-24)20-16-12-15(22)2-3-18(16)26-5-4-13-10-14(21)11-17(23-20)19(13)26/h2-3,10-12H,4-9H2,1H3. The molecule has 0 aliphatic carbocycles. The molecule has 1 fully saturated rings. The van der Waals surface area contributed by atoms with Crippen molar-refractivity contribution in [3.8, 4) is 0 Å². The molecule has 6 heteroatoms. The van der Waals surface area contributed by atoms with Crippen LogP contribution < -0.4 is 4.90 Å². The van der Waals surface area contributed by atoms with Gasteiger partial charge in [-0.15, -0.1) is 0 Å². The first kappa shape index (κ1) is 16.6. The van der Waals surface area contributed by atoms with Crippen LogP contribution in [0.4, 0.5) is 17.1 Å². The Hall–Kier alpha value is -1.56. The van der Waals surface area contributed by atoms with Crippen LogP contribution in [-0.2, 0) is 6.42 Å². The molecule has 26 heavy (non-hydrogen) atoms. The number of amidine groups is 1. The third-order valence-electron chi connectivity index (χ3n) is 5.53. The van der Waals surface area contributed by atoms with Crippen LogP contribution in [0, 0.1) is 0 Å². The summed E-state index contributed by atoms with van der Waals surface area (Å²) in [5, 5.41) is 0.761. The summed E-state index contributed by atoms with van der Waals surface area (Å²) in [5.74, 6) is 1.05.